The molecule has 0 saturated heterocycles. The number of carboxylic acids is 9. The van der Waals surface area contributed by atoms with Gasteiger partial charge in [-0.1, -0.05) is 0 Å². The molecule has 1 aliphatic carbocycles. The van der Waals surface area contributed by atoms with Crippen molar-refractivity contribution in [2.75, 3.05) is 7.11 Å². The number of carboxylic acid groups (broad SMARTS) is 9. The molecule has 9 N–H and O–H groups in total. The van der Waals surface area contributed by atoms with Crippen molar-refractivity contribution in [1.29, 1.82) is 0 Å². The predicted molar refractivity (Wildman–Crippen MR) is 99.6 cm³/mol. The van der Waals surface area contributed by atoms with Crippen LogP contribution in [0.15, 0.2) is 0 Å². The summed E-state index contributed by atoms with van der Waals surface area (Å²) in [7, 11) is 0.691. The SMILES string of the molecule is COC(C(=O)O)(C(=O)O)C(=O)O.O=C(O)C1(C(=O)O)CCCC(C(=O)O)(C(=O)O)C1(C(=O)O)C(=O)O. The van der Waals surface area contributed by atoms with E-state index < -0.39 is 94.8 Å². The number of carbonyl (C=O) groups is 9. The lowest BCUT2D eigenvalue weighted by molar-refractivity contribution is -0.225. The van der Waals surface area contributed by atoms with Gasteiger partial charge in [-0.2, -0.15) is 0 Å². The fourth-order valence-corrected chi connectivity index (χ4v) is 3.97. The molecular formula is C17H18O19. The van der Waals surface area contributed by atoms with Crippen LogP contribution in [-0.4, -0.2) is 112 Å². The highest BCUT2D eigenvalue weighted by atomic mass is 16.6. The molecule has 1 rings (SSSR count). The molecule has 0 spiro atoms. The minimum Gasteiger partial charge on any atom is -0.480 e. The lowest BCUT2D eigenvalue weighted by Crippen LogP contribution is -2.74. The van der Waals surface area contributed by atoms with Crippen LogP contribution in [0.4, 0.5) is 0 Å². The number of aliphatic carboxylic acids is 9. The van der Waals surface area contributed by atoms with Gasteiger partial charge in [0.2, 0.25) is 5.41 Å². The van der Waals surface area contributed by atoms with Gasteiger partial charge in [-0.05, 0) is 19.3 Å². The summed E-state index contributed by atoms with van der Waals surface area (Å²) in [6.45, 7) is 0. The van der Waals surface area contributed by atoms with E-state index in [4.69, 9.17) is 15.3 Å². The zero-order valence-corrected chi connectivity index (χ0v) is 17.7. The van der Waals surface area contributed by atoms with Crippen molar-refractivity contribution >= 4 is 53.7 Å². The molecular weight excluding hydrogens is 508 g/mol. The Labute approximate surface area is 196 Å². The molecule has 0 aromatic rings. The van der Waals surface area contributed by atoms with E-state index in [9.17, 15) is 73.8 Å². The first-order valence-corrected chi connectivity index (χ1v) is 8.92. The van der Waals surface area contributed by atoms with E-state index in [1.165, 1.54) is 0 Å². The highest BCUT2D eigenvalue weighted by Crippen LogP contribution is 2.61. The van der Waals surface area contributed by atoms with Crippen LogP contribution >= 0.6 is 0 Å². The second-order valence-corrected chi connectivity index (χ2v) is 7.05. The molecule has 1 fully saturated rings. The van der Waals surface area contributed by atoms with Gasteiger partial charge in [-0.3, -0.25) is 28.8 Å². The minimum atomic E-state index is -4.17. The zero-order valence-electron chi connectivity index (χ0n) is 17.7. The molecule has 1 saturated carbocycles. The van der Waals surface area contributed by atoms with E-state index in [1.807, 2.05) is 0 Å². The van der Waals surface area contributed by atoms with E-state index in [-0.39, 0.29) is 0 Å². The van der Waals surface area contributed by atoms with Crippen LogP contribution in [0.1, 0.15) is 19.3 Å². The van der Waals surface area contributed by atoms with E-state index in [0.29, 0.717) is 7.11 Å². The molecule has 0 aromatic heterocycles. The third-order valence-corrected chi connectivity index (χ3v) is 5.70. The van der Waals surface area contributed by atoms with Crippen molar-refractivity contribution in [3.05, 3.63) is 0 Å². The van der Waals surface area contributed by atoms with E-state index in [2.05, 4.69) is 4.74 Å². The summed E-state index contributed by atoms with van der Waals surface area (Å²) in [6, 6.07) is 0. The first-order valence-electron chi connectivity index (χ1n) is 8.92. The van der Waals surface area contributed by atoms with Gasteiger partial charge < -0.3 is 50.7 Å². The summed E-state index contributed by atoms with van der Waals surface area (Å²) in [6.07, 6.45) is -2.78. The van der Waals surface area contributed by atoms with E-state index in [0.717, 1.165) is 0 Å². The second-order valence-electron chi connectivity index (χ2n) is 7.05. The second kappa shape index (κ2) is 10.2. The van der Waals surface area contributed by atoms with Crippen LogP contribution < -0.4 is 0 Å². The number of methoxy groups -OCH3 is 1. The van der Waals surface area contributed by atoms with Gasteiger partial charge in [-0.25, -0.2) is 14.4 Å². The maximum atomic E-state index is 11.7. The van der Waals surface area contributed by atoms with Crippen molar-refractivity contribution in [2.24, 2.45) is 16.2 Å². The molecule has 200 valence electrons. The monoisotopic (exact) mass is 526 g/mol. The summed E-state index contributed by atoms with van der Waals surface area (Å²) in [5.74, 6) is -21.4. The van der Waals surface area contributed by atoms with Crippen molar-refractivity contribution < 1.29 is 93.8 Å². The standard InChI is InChI=1S/C12H12O12.C5H6O7/c13-4(14)10(5(15)16)2-1-3-11(6(17)18,7(19)20)12(10,8(21)22)9(23)24;1-12-5(2(6)7,3(8)9)4(10)11/h1-3H2,(H,13,14)(H,15,16)(H,17,18)(H,19,20)(H,21,22)(H,23,24);1H3,(H,6,7)(H,8,9)(H,10,11). The summed E-state index contributed by atoms with van der Waals surface area (Å²) in [5.41, 5.74) is -14.8. The third kappa shape index (κ3) is 3.79. The van der Waals surface area contributed by atoms with Gasteiger partial charge in [0, 0.05) is 7.11 Å². The van der Waals surface area contributed by atoms with Crippen LogP contribution in [-0.2, 0) is 47.9 Å². The lowest BCUT2D eigenvalue weighted by atomic mass is 9.44. The Morgan fingerprint density at radius 1 is 0.528 bits per heavy atom. The van der Waals surface area contributed by atoms with Gasteiger partial charge in [-0.15, -0.1) is 0 Å². The average Bonchev–Trinajstić information content (AvgIpc) is 2.71. The molecule has 19 heteroatoms. The van der Waals surface area contributed by atoms with Crippen LogP contribution in [0.3, 0.4) is 0 Å². The van der Waals surface area contributed by atoms with Gasteiger partial charge >= 0.3 is 59.3 Å². The Bertz CT molecular complexity index is 915. The fraction of sp³-hybridized carbons (Fsp3) is 0.471. The predicted octanol–water partition coefficient (Wildman–Crippen LogP) is -2.74. The Morgan fingerprint density at radius 3 is 0.889 bits per heavy atom. The highest BCUT2D eigenvalue weighted by molar-refractivity contribution is 6.21. The maximum absolute atomic E-state index is 11.7. The van der Waals surface area contributed by atoms with E-state index >= 15 is 0 Å². The Kier molecular flexibility index (Phi) is 8.85. The molecule has 0 radical (unpaired) electrons. The molecule has 0 amide bonds. The molecule has 19 nitrogen and oxygen atoms in total. The number of hydrogen-bond acceptors (Lipinski definition) is 10. The number of rotatable bonds is 10. The molecule has 0 bridgehead atoms. The van der Waals surface area contributed by atoms with Crippen molar-refractivity contribution in [2.45, 2.75) is 24.9 Å². The summed E-state index contributed by atoms with van der Waals surface area (Å²) >= 11 is 0. The van der Waals surface area contributed by atoms with Gasteiger partial charge in [0.25, 0.3) is 0 Å². The minimum absolute atomic E-state index is 0.639. The number of hydrogen-bond donors (Lipinski definition) is 9. The van der Waals surface area contributed by atoms with Crippen LogP contribution in [0.25, 0.3) is 0 Å². The van der Waals surface area contributed by atoms with Gasteiger partial charge in [0.1, 0.15) is 0 Å². The summed E-state index contributed by atoms with van der Waals surface area (Å²) < 4.78 is 3.92. The average molecular weight is 526 g/mol. The molecule has 0 atom stereocenters. The van der Waals surface area contributed by atoms with E-state index in [1.54, 1.807) is 0 Å². The normalized spacial score (nSPS) is 17.2. The Balaban J connectivity index is 0.000000860. The first kappa shape index (κ1) is 31.2. The Hall–Kier alpha value is -4.81. The van der Waals surface area contributed by atoms with Crippen molar-refractivity contribution in [3.63, 3.8) is 0 Å². The fourth-order valence-electron chi connectivity index (χ4n) is 3.97. The summed E-state index contributed by atoms with van der Waals surface area (Å²) in [4.78, 5) is 101. The molecule has 0 heterocycles. The van der Waals surface area contributed by atoms with Crippen LogP contribution in [0.2, 0.25) is 0 Å². The van der Waals surface area contributed by atoms with Crippen LogP contribution in [0.5, 0.6) is 0 Å². The van der Waals surface area contributed by atoms with Crippen molar-refractivity contribution in [1.82, 2.24) is 0 Å². The zero-order chi connectivity index (χ0) is 29.0. The smallest absolute Gasteiger partial charge is 0.360 e. The summed E-state index contributed by atoms with van der Waals surface area (Å²) in [5, 5.41) is 80.8. The molecule has 0 aliphatic heterocycles. The Morgan fingerprint density at radius 2 is 0.778 bits per heavy atom. The molecule has 0 aromatic carbocycles. The molecule has 36 heavy (non-hydrogen) atoms. The number of ether oxygens (including phenoxy) is 1. The van der Waals surface area contributed by atoms with Crippen LogP contribution in [0, 0.1) is 16.2 Å². The lowest BCUT2D eigenvalue weighted by Gasteiger charge is -2.50. The molecule has 1 aliphatic rings. The topological polar surface area (TPSA) is 345 Å². The third-order valence-electron chi connectivity index (χ3n) is 5.70. The largest absolute Gasteiger partial charge is 0.480 e. The quantitative estimate of drug-likeness (QED) is 0.130. The molecule has 0 unspecified atom stereocenters. The van der Waals surface area contributed by atoms with Gasteiger partial charge in [0.05, 0.1) is 0 Å². The first-order chi connectivity index (χ1) is 16.3. The highest BCUT2D eigenvalue weighted by Gasteiger charge is 2.85. The maximum Gasteiger partial charge on any atom is 0.360 e. The van der Waals surface area contributed by atoms with Gasteiger partial charge in [0.15, 0.2) is 10.8 Å². The van der Waals surface area contributed by atoms with Crippen molar-refractivity contribution in [3.8, 4) is 0 Å².